The van der Waals surface area contributed by atoms with Crippen molar-refractivity contribution < 1.29 is 14.6 Å². The highest BCUT2D eigenvalue weighted by atomic mass is 16.5. The first-order chi connectivity index (χ1) is 8.74. The molecule has 3 aliphatic rings. The lowest BCUT2D eigenvalue weighted by molar-refractivity contribution is -0.134. The average molecular weight is 253 g/mol. The Morgan fingerprint density at radius 2 is 2.11 bits per heavy atom. The lowest BCUT2D eigenvalue weighted by Gasteiger charge is -2.25. The average Bonchev–Trinajstić information content (AvgIpc) is 2.93. The number of hydrogen-bond donors (Lipinski definition) is 1. The van der Waals surface area contributed by atoms with Crippen molar-refractivity contribution in [2.45, 2.75) is 50.7 Å². The minimum Gasteiger partial charge on any atom is -0.393 e. The highest BCUT2D eigenvalue weighted by Crippen LogP contribution is 2.38. The van der Waals surface area contributed by atoms with Crippen LogP contribution in [0.2, 0.25) is 0 Å². The largest absolute Gasteiger partial charge is 0.393 e. The van der Waals surface area contributed by atoms with Gasteiger partial charge in [0.15, 0.2) is 0 Å². The predicted molar refractivity (Wildman–Crippen MR) is 67.0 cm³/mol. The van der Waals surface area contributed by atoms with Crippen LogP contribution in [0.15, 0.2) is 0 Å². The summed E-state index contributed by atoms with van der Waals surface area (Å²) in [6.07, 6.45) is 5.82. The zero-order valence-corrected chi connectivity index (χ0v) is 10.9. The highest BCUT2D eigenvalue weighted by Gasteiger charge is 2.43. The van der Waals surface area contributed by atoms with Crippen LogP contribution in [0.25, 0.3) is 0 Å². The summed E-state index contributed by atoms with van der Waals surface area (Å²) in [6.45, 7) is 2.42. The van der Waals surface area contributed by atoms with Crippen molar-refractivity contribution in [2.24, 2.45) is 11.8 Å². The number of nitrogens with zero attached hydrogens (tertiary/aromatic N) is 1. The van der Waals surface area contributed by atoms with Crippen molar-refractivity contribution in [3.8, 4) is 0 Å². The predicted octanol–water partition coefficient (Wildman–Crippen LogP) is 1.17. The van der Waals surface area contributed by atoms with E-state index in [0.717, 1.165) is 45.4 Å². The molecule has 3 rings (SSSR count). The number of carbonyl (C=O) groups excluding carboxylic acids is 1. The van der Waals surface area contributed by atoms with Crippen LogP contribution in [0.4, 0.5) is 0 Å². The van der Waals surface area contributed by atoms with Crippen LogP contribution < -0.4 is 0 Å². The summed E-state index contributed by atoms with van der Waals surface area (Å²) >= 11 is 0. The van der Waals surface area contributed by atoms with E-state index >= 15 is 0 Å². The standard InChI is InChI=1S/C14H23NO3/c16-13-5-4-10-8-15(9-12(10)13)14(17)7-11-3-1-2-6-18-11/h10-13,16H,1-9H2. The summed E-state index contributed by atoms with van der Waals surface area (Å²) in [7, 11) is 0. The Labute approximate surface area is 108 Å². The maximum atomic E-state index is 12.2. The minimum atomic E-state index is -0.182. The quantitative estimate of drug-likeness (QED) is 0.804. The van der Waals surface area contributed by atoms with Crippen LogP contribution in [-0.2, 0) is 9.53 Å². The molecule has 0 spiro atoms. The molecule has 0 radical (unpaired) electrons. The lowest BCUT2D eigenvalue weighted by atomic mass is 10.00. The van der Waals surface area contributed by atoms with E-state index in [0.29, 0.717) is 18.3 Å². The molecule has 2 saturated heterocycles. The van der Waals surface area contributed by atoms with Crippen LogP contribution in [0, 0.1) is 11.8 Å². The third kappa shape index (κ3) is 2.41. The Bertz CT molecular complexity index is 314. The molecule has 0 aromatic rings. The number of aliphatic hydroxyl groups is 1. The normalized spacial score (nSPS) is 39.9. The van der Waals surface area contributed by atoms with Gasteiger partial charge in [-0.3, -0.25) is 4.79 Å². The van der Waals surface area contributed by atoms with Crippen LogP contribution in [0.1, 0.15) is 38.5 Å². The molecule has 3 fully saturated rings. The van der Waals surface area contributed by atoms with Crippen molar-refractivity contribution in [3.05, 3.63) is 0 Å². The number of carbonyl (C=O) groups is 1. The number of aliphatic hydroxyl groups excluding tert-OH is 1. The van der Waals surface area contributed by atoms with E-state index in [-0.39, 0.29) is 18.1 Å². The minimum absolute atomic E-state index is 0.136. The maximum Gasteiger partial charge on any atom is 0.225 e. The van der Waals surface area contributed by atoms with Gasteiger partial charge in [0.25, 0.3) is 0 Å². The van der Waals surface area contributed by atoms with E-state index in [4.69, 9.17) is 4.74 Å². The van der Waals surface area contributed by atoms with Gasteiger partial charge in [-0.15, -0.1) is 0 Å². The molecule has 4 nitrogen and oxygen atoms in total. The number of rotatable bonds is 2. The number of hydrogen-bond acceptors (Lipinski definition) is 3. The van der Waals surface area contributed by atoms with Crippen molar-refractivity contribution in [1.29, 1.82) is 0 Å². The van der Waals surface area contributed by atoms with Crippen LogP contribution in [0.5, 0.6) is 0 Å². The van der Waals surface area contributed by atoms with Crippen molar-refractivity contribution in [2.75, 3.05) is 19.7 Å². The van der Waals surface area contributed by atoms with Crippen molar-refractivity contribution >= 4 is 5.91 Å². The van der Waals surface area contributed by atoms with Crippen LogP contribution in [0.3, 0.4) is 0 Å². The molecular formula is C14H23NO3. The Morgan fingerprint density at radius 1 is 1.22 bits per heavy atom. The van der Waals surface area contributed by atoms with Gasteiger partial charge in [-0.05, 0) is 38.0 Å². The zero-order chi connectivity index (χ0) is 12.5. The summed E-state index contributed by atoms with van der Waals surface area (Å²) in [5.74, 6) is 1.10. The number of fused-ring (bicyclic) bond motifs is 1. The molecule has 1 aliphatic carbocycles. The van der Waals surface area contributed by atoms with Gasteiger partial charge in [-0.25, -0.2) is 0 Å². The first kappa shape index (κ1) is 12.4. The van der Waals surface area contributed by atoms with Crippen LogP contribution in [-0.4, -0.2) is 47.8 Å². The van der Waals surface area contributed by atoms with E-state index in [9.17, 15) is 9.90 Å². The molecule has 18 heavy (non-hydrogen) atoms. The summed E-state index contributed by atoms with van der Waals surface area (Å²) < 4.78 is 5.63. The molecule has 1 amide bonds. The molecule has 1 N–H and O–H groups in total. The fourth-order valence-corrected chi connectivity index (χ4v) is 3.73. The first-order valence-electron chi connectivity index (χ1n) is 7.31. The first-order valence-corrected chi connectivity index (χ1v) is 7.31. The van der Waals surface area contributed by atoms with Gasteiger partial charge in [0, 0.05) is 25.6 Å². The van der Waals surface area contributed by atoms with Crippen molar-refractivity contribution in [3.63, 3.8) is 0 Å². The van der Waals surface area contributed by atoms with E-state index in [1.807, 2.05) is 4.90 Å². The van der Waals surface area contributed by atoms with Gasteiger partial charge in [0.05, 0.1) is 18.6 Å². The summed E-state index contributed by atoms with van der Waals surface area (Å²) in [6, 6.07) is 0. The zero-order valence-electron chi connectivity index (χ0n) is 10.9. The lowest BCUT2D eigenvalue weighted by Crippen LogP contribution is -2.34. The van der Waals surface area contributed by atoms with Gasteiger partial charge >= 0.3 is 0 Å². The Balaban J connectivity index is 1.51. The topological polar surface area (TPSA) is 49.8 Å². The number of amides is 1. The molecule has 102 valence electrons. The molecule has 2 heterocycles. The molecule has 4 unspecified atom stereocenters. The number of likely N-dealkylation sites (tertiary alicyclic amines) is 1. The molecule has 0 aromatic heterocycles. The second-order valence-corrected chi connectivity index (χ2v) is 6.06. The molecule has 0 bridgehead atoms. The molecule has 1 saturated carbocycles. The van der Waals surface area contributed by atoms with E-state index < -0.39 is 0 Å². The van der Waals surface area contributed by atoms with E-state index in [1.165, 1.54) is 6.42 Å². The van der Waals surface area contributed by atoms with Crippen molar-refractivity contribution in [1.82, 2.24) is 4.90 Å². The Morgan fingerprint density at radius 3 is 2.83 bits per heavy atom. The summed E-state index contributed by atoms with van der Waals surface area (Å²) in [5, 5.41) is 9.86. The smallest absolute Gasteiger partial charge is 0.225 e. The Hall–Kier alpha value is -0.610. The summed E-state index contributed by atoms with van der Waals surface area (Å²) in [4.78, 5) is 14.2. The van der Waals surface area contributed by atoms with Gasteiger partial charge in [0.2, 0.25) is 5.91 Å². The Kier molecular flexibility index (Phi) is 3.57. The summed E-state index contributed by atoms with van der Waals surface area (Å²) in [5.41, 5.74) is 0. The van der Waals surface area contributed by atoms with E-state index in [1.54, 1.807) is 0 Å². The number of ether oxygens (including phenoxy) is 1. The highest BCUT2D eigenvalue weighted by molar-refractivity contribution is 5.77. The third-order valence-corrected chi connectivity index (χ3v) is 4.85. The second-order valence-electron chi connectivity index (χ2n) is 6.06. The van der Waals surface area contributed by atoms with Gasteiger partial charge in [-0.2, -0.15) is 0 Å². The van der Waals surface area contributed by atoms with Gasteiger partial charge < -0.3 is 14.7 Å². The van der Waals surface area contributed by atoms with Gasteiger partial charge in [-0.1, -0.05) is 0 Å². The SMILES string of the molecule is O=C(CC1CCCCO1)N1CC2CCC(O)C2C1. The molecule has 4 atom stereocenters. The fraction of sp³-hybridized carbons (Fsp3) is 0.929. The third-order valence-electron chi connectivity index (χ3n) is 4.85. The van der Waals surface area contributed by atoms with Gasteiger partial charge in [0.1, 0.15) is 0 Å². The maximum absolute atomic E-state index is 12.2. The fourth-order valence-electron chi connectivity index (χ4n) is 3.73. The molecule has 2 aliphatic heterocycles. The monoisotopic (exact) mass is 253 g/mol. The molecule has 4 heteroatoms. The second kappa shape index (κ2) is 5.17. The molecule has 0 aromatic carbocycles. The van der Waals surface area contributed by atoms with E-state index in [2.05, 4.69) is 0 Å². The van der Waals surface area contributed by atoms with Crippen LogP contribution >= 0.6 is 0 Å². The molecular weight excluding hydrogens is 230 g/mol.